The van der Waals surface area contributed by atoms with E-state index in [1.54, 1.807) is 0 Å². The Morgan fingerprint density at radius 3 is 2.55 bits per heavy atom. The maximum atomic E-state index is 10.9. The van der Waals surface area contributed by atoms with Gasteiger partial charge in [0.25, 0.3) is 0 Å². The van der Waals surface area contributed by atoms with E-state index in [0.717, 1.165) is 12.8 Å². The monoisotopic (exact) mass is 419 g/mol. The van der Waals surface area contributed by atoms with Gasteiger partial charge >= 0.3 is 0 Å². The Labute approximate surface area is 138 Å². The summed E-state index contributed by atoms with van der Waals surface area (Å²) in [4.78, 5) is 4.16. The fourth-order valence-electron chi connectivity index (χ4n) is 2.04. The van der Waals surface area contributed by atoms with Gasteiger partial charge in [0, 0.05) is 12.3 Å². The predicted molar refractivity (Wildman–Crippen MR) is 92.4 cm³/mol. The molecule has 0 atom stereocenters. The highest BCUT2D eigenvalue weighted by molar-refractivity contribution is 14.0. The van der Waals surface area contributed by atoms with E-state index in [2.05, 4.69) is 10.3 Å². The zero-order chi connectivity index (χ0) is 14.1. The first-order chi connectivity index (χ1) is 8.97. The molecule has 0 aromatic rings. The quantitative estimate of drug-likeness (QED) is 0.277. The summed E-state index contributed by atoms with van der Waals surface area (Å²) in [6.07, 6.45) is 7.31. The minimum atomic E-state index is -2.94. The van der Waals surface area contributed by atoms with Crippen molar-refractivity contribution in [1.29, 1.82) is 0 Å². The molecule has 6 nitrogen and oxygen atoms in total. The smallest absolute Gasteiger partial charge is 0.188 e. The van der Waals surface area contributed by atoms with Gasteiger partial charge in [-0.15, -0.1) is 24.0 Å². The van der Waals surface area contributed by atoms with E-state index in [4.69, 9.17) is 10.5 Å². The van der Waals surface area contributed by atoms with Gasteiger partial charge in [0.15, 0.2) is 5.96 Å². The van der Waals surface area contributed by atoms with Crippen LogP contribution in [0.25, 0.3) is 0 Å². The minimum Gasteiger partial charge on any atom is -0.378 e. The van der Waals surface area contributed by atoms with Crippen molar-refractivity contribution in [2.24, 2.45) is 10.7 Å². The number of ether oxygens (including phenoxy) is 1. The summed E-state index contributed by atoms with van der Waals surface area (Å²) in [5, 5.41) is 3.21. The predicted octanol–water partition coefficient (Wildman–Crippen LogP) is 0.903. The lowest BCUT2D eigenvalue weighted by molar-refractivity contribution is 0.157. The van der Waals surface area contributed by atoms with E-state index in [-0.39, 0.29) is 36.3 Å². The first kappa shape index (κ1) is 19.9. The van der Waals surface area contributed by atoms with Crippen LogP contribution in [0.2, 0.25) is 0 Å². The van der Waals surface area contributed by atoms with Crippen LogP contribution in [0, 0.1) is 0 Å². The molecule has 0 amide bonds. The molecule has 20 heavy (non-hydrogen) atoms. The summed E-state index contributed by atoms with van der Waals surface area (Å²) in [6.45, 7) is 1.06. The Bertz CT molecular complexity index is 381. The van der Waals surface area contributed by atoms with Gasteiger partial charge in [-0.25, -0.2) is 8.42 Å². The minimum absolute atomic E-state index is 0. The van der Waals surface area contributed by atoms with E-state index in [1.807, 2.05) is 0 Å². The largest absolute Gasteiger partial charge is 0.378 e. The number of hydrogen-bond acceptors (Lipinski definition) is 4. The molecule has 1 aliphatic rings. The number of guanidine groups is 1. The van der Waals surface area contributed by atoms with Gasteiger partial charge < -0.3 is 15.8 Å². The number of nitrogens with one attached hydrogen (secondary N) is 1. The Morgan fingerprint density at radius 1 is 1.30 bits per heavy atom. The third-order valence-electron chi connectivity index (χ3n) is 3.07. The standard InChI is InChI=1S/C12H25N3O3S.HI/c1-19(16,17)10-9-18-8-7-14-12(13)15-11-5-3-2-4-6-11;/h11H,2-10H2,1H3,(H3,13,14,15);1H. The molecule has 0 spiro atoms. The van der Waals surface area contributed by atoms with Crippen molar-refractivity contribution >= 4 is 39.8 Å². The summed E-state index contributed by atoms with van der Waals surface area (Å²) >= 11 is 0. The van der Waals surface area contributed by atoms with Crippen LogP contribution in [-0.2, 0) is 14.6 Å². The molecule has 0 aromatic carbocycles. The van der Waals surface area contributed by atoms with Crippen molar-refractivity contribution in [2.75, 3.05) is 31.8 Å². The Balaban J connectivity index is 0.00000361. The Hall–Kier alpha value is -0.0900. The van der Waals surface area contributed by atoms with Crippen molar-refractivity contribution in [1.82, 2.24) is 5.32 Å². The Morgan fingerprint density at radius 2 is 1.95 bits per heavy atom. The lowest BCUT2D eigenvalue weighted by Crippen LogP contribution is -2.41. The summed E-state index contributed by atoms with van der Waals surface area (Å²) in [5.41, 5.74) is 5.78. The number of hydrogen-bond donors (Lipinski definition) is 2. The summed E-state index contributed by atoms with van der Waals surface area (Å²) in [6, 6.07) is 0.448. The van der Waals surface area contributed by atoms with Crippen molar-refractivity contribution in [3.8, 4) is 0 Å². The molecule has 0 aromatic heterocycles. The highest BCUT2D eigenvalue weighted by atomic mass is 127. The van der Waals surface area contributed by atoms with Gasteiger partial charge in [0.05, 0.1) is 25.5 Å². The molecule has 0 heterocycles. The van der Waals surface area contributed by atoms with Crippen LogP contribution in [0.1, 0.15) is 32.1 Å². The number of halogens is 1. The van der Waals surface area contributed by atoms with E-state index < -0.39 is 9.84 Å². The van der Waals surface area contributed by atoms with Crippen LogP contribution in [0.5, 0.6) is 0 Å². The molecule has 1 saturated carbocycles. The van der Waals surface area contributed by atoms with Crippen molar-refractivity contribution in [3.05, 3.63) is 0 Å². The van der Waals surface area contributed by atoms with Crippen LogP contribution in [-0.4, -0.2) is 52.2 Å². The zero-order valence-electron chi connectivity index (χ0n) is 12.0. The molecule has 8 heteroatoms. The van der Waals surface area contributed by atoms with Crippen LogP contribution < -0.4 is 11.1 Å². The van der Waals surface area contributed by atoms with Gasteiger partial charge in [0.2, 0.25) is 0 Å². The molecule has 120 valence electrons. The maximum absolute atomic E-state index is 10.9. The molecular weight excluding hydrogens is 393 g/mol. The highest BCUT2D eigenvalue weighted by Gasteiger charge is 2.13. The topological polar surface area (TPSA) is 93.8 Å². The molecule has 0 bridgehead atoms. The van der Waals surface area contributed by atoms with E-state index in [1.165, 1.54) is 25.5 Å². The molecular formula is C12H26IN3O3S. The highest BCUT2D eigenvalue weighted by Crippen LogP contribution is 2.16. The molecule has 0 unspecified atom stereocenters. The number of nitrogens with two attached hydrogens (primary N) is 1. The van der Waals surface area contributed by atoms with Gasteiger partial charge in [-0.3, -0.25) is 4.99 Å². The maximum Gasteiger partial charge on any atom is 0.188 e. The van der Waals surface area contributed by atoms with Crippen LogP contribution in [0.15, 0.2) is 4.99 Å². The lowest BCUT2D eigenvalue weighted by Gasteiger charge is -2.23. The van der Waals surface area contributed by atoms with Crippen LogP contribution >= 0.6 is 24.0 Å². The van der Waals surface area contributed by atoms with Gasteiger partial charge in [-0.2, -0.15) is 0 Å². The van der Waals surface area contributed by atoms with E-state index in [0.29, 0.717) is 25.2 Å². The fraction of sp³-hybridized carbons (Fsp3) is 0.917. The second-order valence-electron chi connectivity index (χ2n) is 4.99. The van der Waals surface area contributed by atoms with E-state index in [9.17, 15) is 8.42 Å². The SMILES string of the molecule is CS(=O)(=O)CCOCCN=C(N)NC1CCCCC1.I. The first-order valence-electron chi connectivity index (χ1n) is 6.79. The summed E-state index contributed by atoms with van der Waals surface area (Å²) in [7, 11) is -2.94. The van der Waals surface area contributed by atoms with Gasteiger partial charge in [-0.05, 0) is 12.8 Å². The summed E-state index contributed by atoms with van der Waals surface area (Å²) in [5.74, 6) is 0.505. The fourth-order valence-corrected chi connectivity index (χ4v) is 2.47. The molecule has 1 rings (SSSR count). The molecule has 0 aliphatic heterocycles. The van der Waals surface area contributed by atoms with Crippen LogP contribution in [0.3, 0.4) is 0 Å². The molecule has 1 fully saturated rings. The second-order valence-corrected chi connectivity index (χ2v) is 7.25. The molecule has 0 saturated heterocycles. The summed E-state index contributed by atoms with van der Waals surface area (Å²) < 4.78 is 26.9. The third kappa shape index (κ3) is 10.7. The number of sulfone groups is 1. The molecule has 3 N–H and O–H groups in total. The van der Waals surface area contributed by atoms with Crippen molar-refractivity contribution in [3.63, 3.8) is 0 Å². The van der Waals surface area contributed by atoms with Crippen molar-refractivity contribution < 1.29 is 13.2 Å². The number of aliphatic imine (C=N–C) groups is 1. The average Bonchev–Trinajstić information content (AvgIpc) is 2.33. The van der Waals surface area contributed by atoms with Crippen molar-refractivity contribution in [2.45, 2.75) is 38.1 Å². The average molecular weight is 419 g/mol. The number of rotatable bonds is 7. The van der Waals surface area contributed by atoms with Gasteiger partial charge in [-0.1, -0.05) is 19.3 Å². The normalized spacial score (nSPS) is 17.6. The van der Waals surface area contributed by atoms with Gasteiger partial charge in [0.1, 0.15) is 9.84 Å². The lowest BCUT2D eigenvalue weighted by atomic mass is 9.96. The zero-order valence-corrected chi connectivity index (χ0v) is 15.2. The van der Waals surface area contributed by atoms with Crippen LogP contribution in [0.4, 0.5) is 0 Å². The molecule has 0 radical (unpaired) electrons. The third-order valence-corrected chi connectivity index (χ3v) is 3.98. The first-order valence-corrected chi connectivity index (χ1v) is 8.85. The molecule has 1 aliphatic carbocycles. The Kier molecular flexibility index (Phi) is 10.6. The number of nitrogens with zero attached hydrogens (tertiary/aromatic N) is 1. The van der Waals surface area contributed by atoms with E-state index >= 15 is 0 Å². The second kappa shape index (κ2) is 10.6.